The standard InChI is InChI=1S/C26H31ClFN5O3/c1-3-30(4-2)23(34)17-32-18-33(20-8-6-5-7-9-20)26(24(32)35)12-14-31(15-13-26)25(36)29-19-10-11-22(28)21(27)16-19/h5-11,16H,3-4,12-15,17-18H2,1-2H3,(H,29,36). The molecule has 2 heterocycles. The lowest BCUT2D eigenvalue weighted by atomic mass is 9.85. The molecule has 10 heteroatoms. The molecule has 4 rings (SSSR count). The number of hydrogen-bond donors (Lipinski definition) is 1. The number of para-hydroxylation sites is 1. The molecular formula is C26H31ClFN5O3. The van der Waals surface area contributed by atoms with Gasteiger partial charge >= 0.3 is 6.03 Å². The fourth-order valence-electron chi connectivity index (χ4n) is 5.02. The van der Waals surface area contributed by atoms with Crippen molar-refractivity contribution in [3.05, 3.63) is 59.4 Å². The average molecular weight is 516 g/mol. The van der Waals surface area contributed by atoms with Crippen molar-refractivity contribution in [1.82, 2.24) is 14.7 Å². The van der Waals surface area contributed by atoms with Crippen molar-refractivity contribution >= 4 is 40.8 Å². The van der Waals surface area contributed by atoms with E-state index >= 15 is 0 Å². The molecule has 4 amide bonds. The highest BCUT2D eigenvalue weighted by Gasteiger charge is 2.54. The SMILES string of the molecule is CCN(CC)C(=O)CN1CN(c2ccccc2)C2(CCN(C(=O)Nc3ccc(F)c(Cl)c3)CC2)C1=O. The molecule has 2 aliphatic heterocycles. The number of nitrogens with zero attached hydrogens (tertiary/aromatic N) is 4. The monoisotopic (exact) mass is 515 g/mol. The van der Waals surface area contributed by atoms with Gasteiger partial charge in [0.05, 0.1) is 11.7 Å². The second kappa shape index (κ2) is 10.7. The van der Waals surface area contributed by atoms with E-state index in [1.807, 2.05) is 44.2 Å². The van der Waals surface area contributed by atoms with Gasteiger partial charge < -0.3 is 24.9 Å². The molecule has 0 saturated carbocycles. The summed E-state index contributed by atoms with van der Waals surface area (Å²) in [5, 5.41) is 2.68. The molecule has 1 N–H and O–H groups in total. The Morgan fingerprint density at radius 2 is 1.75 bits per heavy atom. The number of nitrogens with one attached hydrogen (secondary N) is 1. The van der Waals surface area contributed by atoms with Crippen LogP contribution in [0.5, 0.6) is 0 Å². The van der Waals surface area contributed by atoms with Crippen LogP contribution < -0.4 is 10.2 Å². The molecule has 8 nitrogen and oxygen atoms in total. The summed E-state index contributed by atoms with van der Waals surface area (Å²) in [5.41, 5.74) is 0.471. The Morgan fingerprint density at radius 3 is 2.36 bits per heavy atom. The normalized spacial score (nSPS) is 17.0. The summed E-state index contributed by atoms with van der Waals surface area (Å²) in [4.78, 5) is 46.5. The topological polar surface area (TPSA) is 76.2 Å². The van der Waals surface area contributed by atoms with Crippen LogP contribution in [0.1, 0.15) is 26.7 Å². The minimum Gasteiger partial charge on any atom is -0.342 e. The summed E-state index contributed by atoms with van der Waals surface area (Å²) in [6.45, 7) is 6.08. The molecule has 36 heavy (non-hydrogen) atoms. The second-order valence-corrected chi connectivity index (χ2v) is 9.46. The maximum absolute atomic E-state index is 13.8. The number of urea groups is 1. The summed E-state index contributed by atoms with van der Waals surface area (Å²) < 4.78 is 13.4. The fraction of sp³-hybridized carbons (Fsp3) is 0.423. The smallest absolute Gasteiger partial charge is 0.321 e. The number of carbonyl (C=O) groups is 3. The maximum atomic E-state index is 13.8. The predicted octanol–water partition coefficient (Wildman–Crippen LogP) is 4.02. The van der Waals surface area contributed by atoms with Crippen molar-refractivity contribution in [2.24, 2.45) is 0 Å². The molecule has 0 unspecified atom stereocenters. The van der Waals surface area contributed by atoms with Gasteiger partial charge in [-0.1, -0.05) is 29.8 Å². The number of hydrogen-bond acceptors (Lipinski definition) is 4. The second-order valence-electron chi connectivity index (χ2n) is 9.05. The van der Waals surface area contributed by atoms with Crippen LogP contribution in [-0.4, -0.2) is 77.5 Å². The zero-order valence-corrected chi connectivity index (χ0v) is 21.3. The Hall–Kier alpha value is -3.33. The third kappa shape index (κ3) is 4.97. The number of halogens is 2. The van der Waals surface area contributed by atoms with Gasteiger partial charge in [-0.2, -0.15) is 0 Å². The van der Waals surface area contributed by atoms with Crippen molar-refractivity contribution in [2.75, 3.05) is 49.6 Å². The molecule has 192 valence electrons. The molecular weight excluding hydrogens is 485 g/mol. The highest BCUT2D eigenvalue weighted by Crippen LogP contribution is 2.39. The molecule has 0 radical (unpaired) electrons. The lowest BCUT2D eigenvalue weighted by Crippen LogP contribution is -2.58. The Morgan fingerprint density at radius 1 is 1.08 bits per heavy atom. The van der Waals surface area contributed by atoms with Gasteiger partial charge in [0, 0.05) is 37.6 Å². The Bertz CT molecular complexity index is 1120. The van der Waals surface area contributed by atoms with E-state index in [9.17, 15) is 18.8 Å². The van der Waals surface area contributed by atoms with Crippen LogP contribution in [0.15, 0.2) is 48.5 Å². The highest BCUT2D eigenvalue weighted by molar-refractivity contribution is 6.31. The summed E-state index contributed by atoms with van der Waals surface area (Å²) in [7, 11) is 0. The first kappa shape index (κ1) is 25.8. The Labute approximate surface area is 215 Å². The number of carbonyl (C=O) groups excluding carboxylic acids is 3. The van der Waals surface area contributed by atoms with Crippen molar-refractivity contribution in [3.8, 4) is 0 Å². The molecule has 0 bridgehead atoms. The van der Waals surface area contributed by atoms with Crippen LogP contribution in [0.4, 0.5) is 20.6 Å². The Balaban J connectivity index is 1.50. The van der Waals surface area contributed by atoms with Crippen molar-refractivity contribution < 1.29 is 18.8 Å². The number of rotatable bonds is 6. The molecule has 2 aromatic rings. The van der Waals surface area contributed by atoms with Crippen LogP contribution in [-0.2, 0) is 9.59 Å². The molecule has 0 aromatic heterocycles. The van der Waals surface area contributed by atoms with Gasteiger partial charge in [-0.05, 0) is 57.0 Å². The third-order valence-electron chi connectivity index (χ3n) is 7.07. The van der Waals surface area contributed by atoms with Crippen LogP contribution in [0.25, 0.3) is 0 Å². The molecule has 2 fully saturated rings. The molecule has 2 aliphatic rings. The number of anilines is 2. The molecule has 2 aromatic carbocycles. The van der Waals surface area contributed by atoms with Gasteiger partial charge in [-0.3, -0.25) is 9.59 Å². The molecule has 1 spiro atoms. The lowest BCUT2D eigenvalue weighted by molar-refractivity contribution is -0.140. The minimum atomic E-state index is -0.832. The summed E-state index contributed by atoms with van der Waals surface area (Å²) in [5.74, 6) is -0.718. The summed E-state index contributed by atoms with van der Waals surface area (Å²) in [6, 6.07) is 13.4. The van der Waals surface area contributed by atoms with E-state index in [4.69, 9.17) is 11.6 Å². The van der Waals surface area contributed by atoms with E-state index in [2.05, 4.69) is 10.2 Å². The first-order chi connectivity index (χ1) is 17.3. The third-order valence-corrected chi connectivity index (χ3v) is 7.36. The van der Waals surface area contributed by atoms with Gasteiger partial charge in [-0.25, -0.2) is 9.18 Å². The number of likely N-dealkylation sites (tertiary alicyclic amines) is 1. The maximum Gasteiger partial charge on any atom is 0.321 e. The van der Waals surface area contributed by atoms with Gasteiger partial charge in [0.2, 0.25) is 5.91 Å². The van der Waals surface area contributed by atoms with E-state index < -0.39 is 11.4 Å². The van der Waals surface area contributed by atoms with Gasteiger partial charge in [0.1, 0.15) is 17.9 Å². The first-order valence-corrected chi connectivity index (χ1v) is 12.6. The van der Waals surface area contributed by atoms with Crippen molar-refractivity contribution in [2.45, 2.75) is 32.2 Å². The minimum absolute atomic E-state index is 0.0289. The van der Waals surface area contributed by atoms with Crippen LogP contribution in [0.2, 0.25) is 5.02 Å². The summed E-state index contributed by atoms with van der Waals surface area (Å²) >= 11 is 5.83. The highest BCUT2D eigenvalue weighted by atomic mass is 35.5. The zero-order valence-electron chi connectivity index (χ0n) is 20.5. The predicted molar refractivity (Wildman–Crippen MR) is 137 cm³/mol. The number of piperidine rings is 1. The van der Waals surface area contributed by atoms with E-state index in [1.54, 1.807) is 14.7 Å². The molecule has 0 aliphatic carbocycles. The first-order valence-electron chi connectivity index (χ1n) is 12.2. The van der Waals surface area contributed by atoms with E-state index in [1.165, 1.54) is 18.2 Å². The van der Waals surface area contributed by atoms with E-state index in [-0.39, 0.29) is 29.4 Å². The largest absolute Gasteiger partial charge is 0.342 e. The Kier molecular flexibility index (Phi) is 7.68. The number of likely N-dealkylation sites (N-methyl/N-ethyl adjacent to an activating group) is 1. The van der Waals surface area contributed by atoms with Crippen LogP contribution >= 0.6 is 11.6 Å². The molecule has 0 atom stereocenters. The van der Waals surface area contributed by atoms with Crippen molar-refractivity contribution in [1.29, 1.82) is 0 Å². The quantitative estimate of drug-likeness (QED) is 0.630. The lowest BCUT2D eigenvalue weighted by Gasteiger charge is -2.43. The van der Waals surface area contributed by atoms with Gasteiger partial charge in [0.25, 0.3) is 5.91 Å². The average Bonchev–Trinajstić information content (AvgIpc) is 3.14. The number of benzene rings is 2. The van der Waals surface area contributed by atoms with Crippen molar-refractivity contribution in [3.63, 3.8) is 0 Å². The molecule has 2 saturated heterocycles. The number of amides is 4. The van der Waals surface area contributed by atoms with E-state index in [0.29, 0.717) is 51.4 Å². The zero-order chi connectivity index (χ0) is 25.9. The summed E-state index contributed by atoms with van der Waals surface area (Å²) in [6.07, 6.45) is 0.850. The van der Waals surface area contributed by atoms with Crippen LogP contribution in [0, 0.1) is 5.82 Å². The van der Waals surface area contributed by atoms with Gasteiger partial charge in [-0.15, -0.1) is 0 Å². The fourth-order valence-corrected chi connectivity index (χ4v) is 5.20. The van der Waals surface area contributed by atoms with Crippen LogP contribution in [0.3, 0.4) is 0 Å². The van der Waals surface area contributed by atoms with E-state index in [0.717, 1.165) is 5.69 Å². The van der Waals surface area contributed by atoms with Gasteiger partial charge in [0.15, 0.2) is 0 Å².